The largest absolute Gasteiger partial charge is 0.490 e. The number of urea groups is 1. The lowest BCUT2D eigenvalue weighted by Crippen LogP contribution is -2.61. The van der Waals surface area contributed by atoms with Crippen LogP contribution in [0.25, 0.3) is 0 Å². The number of nitrogens with one attached hydrogen (secondary N) is 1. The molecule has 2 aliphatic carbocycles. The third kappa shape index (κ3) is 7.35. The Morgan fingerprint density at radius 3 is 2.67 bits per heavy atom. The first-order chi connectivity index (χ1) is 24.8. The minimum atomic E-state index is -3.49. The summed E-state index contributed by atoms with van der Waals surface area (Å²) in [5, 5.41) is 0.743. The fourth-order valence-corrected chi connectivity index (χ4v) is 10.9. The maximum Gasteiger partial charge on any atom is 0.329 e. The van der Waals surface area contributed by atoms with Gasteiger partial charge >= 0.3 is 6.03 Å². The summed E-state index contributed by atoms with van der Waals surface area (Å²) < 4.78 is 39.9. The first-order valence-electron chi connectivity index (χ1n) is 18.7. The van der Waals surface area contributed by atoms with E-state index in [0.717, 1.165) is 55.9 Å². The molecule has 2 aromatic rings. The summed E-state index contributed by atoms with van der Waals surface area (Å²) in [5.74, 6) is 0.882. The van der Waals surface area contributed by atoms with Gasteiger partial charge in [-0.2, -0.15) is 0 Å². The molecule has 52 heavy (non-hydrogen) atoms. The number of likely N-dealkylation sites (tertiary alicyclic amines) is 1. The number of anilines is 1. The molecular formula is C40H53ClN4O6S. The summed E-state index contributed by atoms with van der Waals surface area (Å²) in [6, 6.07) is 11.1. The van der Waals surface area contributed by atoms with Crippen molar-refractivity contribution in [2.75, 3.05) is 57.7 Å². The van der Waals surface area contributed by atoms with Crippen molar-refractivity contribution >= 4 is 39.1 Å². The molecule has 2 fully saturated rings. The van der Waals surface area contributed by atoms with Crippen LogP contribution in [0.1, 0.15) is 74.4 Å². The van der Waals surface area contributed by atoms with Crippen molar-refractivity contribution in [1.82, 2.24) is 9.62 Å². The van der Waals surface area contributed by atoms with E-state index in [1.165, 1.54) is 11.1 Å². The Bertz CT molecular complexity index is 1850. The lowest BCUT2D eigenvalue weighted by Gasteiger charge is -2.46. The zero-order valence-corrected chi connectivity index (χ0v) is 32.6. The third-order valence-electron chi connectivity index (χ3n) is 12.4. The molecule has 6 atom stereocenters. The van der Waals surface area contributed by atoms with E-state index in [-0.39, 0.29) is 29.1 Å². The first-order valence-corrected chi connectivity index (χ1v) is 20.8. The average Bonchev–Trinajstić information content (AvgIpc) is 3.21. The zero-order valence-electron chi connectivity index (χ0n) is 31.1. The van der Waals surface area contributed by atoms with Crippen molar-refractivity contribution in [2.45, 2.75) is 76.4 Å². The van der Waals surface area contributed by atoms with Gasteiger partial charge in [0.2, 0.25) is 0 Å². The smallest absolute Gasteiger partial charge is 0.329 e. The van der Waals surface area contributed by atoms with E-state index in [9.17, 15) is 13.8 Å². The molecule has 2 aromatic carbocycles. The number of carbonyl (C=O) groups excluding carboxylic acids is 2. The standard InChI is InChI=1S/C40H53ClN4O6S/c1-26-8-6-10-35(49-4)32-14-11-29(32)20-45-24-40(17-7-9-27-18-31(41)13-15-33(27)40)25-51-36-16-12-28(19-34(36)45)37(46)42-52(48,23-26)43-38(47)44-21-30(22-44)39(2,3)50-5/h6,10,12-13,15-16,18-19,26,29-30,32,35H,7-9,11,14,17,20-25H2,1-5H3,(H,42,43,46,47,48)/b10-6+/t26-,29-,32+,35-,40-,52-/m0/s1. The lowest BCUT2D eigenvalue weighted by molar-refractivity contribution is -0.0745. The third-order valence-corrected chi connectivity index (χ3v) is 14.6. The van der Waals surface area contributed by atoms with Crippen molar-refractivity contribution in [3.05, 3.63) is 70.3 Å². The molecule has 3 aliphatic heterocycles. The van der Waals surface area contributed by atoms with Gasteiger partial charge in [0.15, 0.2) is 0 Å². The van der Waals surface area contributed by atoms with Crippen LogP contribution in [-0.4, -0.2) is 85.5 Å². The molecule has 1 N–H and O–H groups in total. The van der Waals surface area contributed by atoms with E-state index in [4.69, 9.17) is 25.8 Å². The van der Waals surface area contributed by atoms with Crippen LogP contribution in [0, 0.1) is 23.7 Å². The van der Waals surface area contributed by atoms with E-state index in [2.05, 4.69) is 38.3 Å². The molecule has 10 nitrogen and oxygen atoms in total. The van der Waals surface area contributed by atoms with Crippen molar-refractivity contribution in [1.29, 1.82) is 0 Å². The Balaban J connectivity index is 1.25. The van der Waals surface area contributed by atoms with Crippen LogP contribution in [0.2, 0.25) is 5.02 Å². The van der Waals surface area contributed by atoms with Crippen molar-refractivity contribution in [3.8, 4) is 5.75 Å². The highest BCUT2D eigenvalue weighted by Crippen LogP contribution is 2.47. The van der Waals surface area contributed by atoms with Crippen LogP contribution in [0.3, 0.4) is 0 Å². The molecule has 0 aromatic heterocycles. The number of methoxy groups -OCH3 is 2. The molecule has 5 aliphatic rings. The fraction of sp³-hybridized carbons (Fsp3) is 0.600. The van der Waals surface area contributed by atoms with Crippen LogP contribution in [-0.2, 0) is 31.2 Å². The van der Waals surface area contributed by atoms with Gasteiger partial charge in [-0.15, -0.1) is 4.36 Å². The van der Waals surface area contributed by atoms with E-state index < -0.39 is 27.5 Å². The maximum absolute atomic E-state index is 14.6. The van der Waals surface area contributed by atoms with E-state index in [0.29, 0.717) is 49.3 Å². The monoisotopic (exact) mass is 752 g/mol. The number of amides is 3. The minimum absolute atomic E-state index is 0.0332. The topological polar surface area (TPSA) is 110 Å². The second-order valence-electron chi connectivity index (χ2n) is 16.3. The average molecular weight is 753 g/mol. The summed E-state index contributed by atoms with van der Waals surface area (Å²) in [6.07, 6.45) is 9.95. The van der Waals surface area contributed by atoms with Gasteiger partial charge in [-0.1, -0.05) is 36.7 Å². The summed E-state index contributed by atoms with van der Waals surface area (Å²) in [5.41, 5.74) is 3.05. The van der Waals surface area contributed by atoms with Gasteiger partial charge in [0.1, 0.15) is 15.7 Å². The van der Waals surface area contributed by atoms with Gasteiger partial charge in [-0.05, 0) is 112 Å². The second-order valence-corrected chi connectivity index (χ2v) is 18.7. The molecule has 0 radical (unpaired) electrons. The Morgan fingerprint density at radius 1 is 1.13 bits per heavy atom. The molecular weight excluding hydrogens is 700 g/mol. The molecule has 282 valence electrons. The number of hydrogen-bond acceptors (Lipinski definition) is 7. The Hall–Kier alpha value is -3.12. The second kappa shape index (κ2) is 14.6. The summed E-state index contributed by atoms with van der Waals surface area (Å²) in [7, 11) is -0.0566. The van der Waals surface area contributed by atoms with Gasteiger partial charge in [0.05, 0.1) is 29.8 Å². The van der Waals surface area contributed by atoms with E-state index in [1.807, 2.05) is 39.0 Å². The predicted octanol–water partition coefficient (Wildman–Crippen LogP) is 7.04. The van der Waals surface area contributed by atoms with Gasteiger partial charge in [-0.25, -0.2) is 9.00 Å². The predicted molar refractivity (Wildman–Crippen MR) is 205 cm³/mol. The Morgan fingerprint density at radius 2 is 1.94 bits per heavy atom. The highest BCUT2D eigenvalue weighted by molar-refractivity contribution is 7.92. The number of aryl methyl sites for hydroxylation is 1. The van der Waals surface area contributed by atoms with E-state index in [1.54, 1.807) is 25.2 Å². The van der Waals surface area contributed by atoms with Gasteiger partial charge in [-0.3, -0.25) is 9.52 Å². The highest BCUT2D eigenvalue weighted by Gasteiger charge is 2.45. The first kappa shape index (κ1) is 37.2. The molecule has 1 spiro atoms. The minimum Gasteiger partial charge on any atom is -0.490 e. The number of allylic oxidation sites excluding steroid dienone is 1. The van der Waals surface area contributed by atoms with Gasteiger partial charge in [0.25, 0.3) is 5.91 Å². The number of nitrogens with zero attached hydrogens (tertiary/aromatic N) is 3. The fourth-order valence-electron chi connectivity index (χ4n) is 8.82. The number of carbonyl (C=O) groups is 2. The van der Waals surface area contributed by atoms with Crippen LogP contribution in [0.15, 0.2) is 52.9 Å². The molecule has 12 heteroatoms. The van der Waals surface area contributed by atoms with Gasteiger partial charge < -0.3 is 24.0 Å². The number of benzene rings is 2. The number of fused-ring (bicyclic) bond motifs is 4. The van der Waals surface area contributed by atoms with Crippen LogP contribution < -0.4 is 14.4 Å². The number of halogens is 1. The number of rotatable bonds is 4. The van der Waals surface area contributed by atoms with Crippen LogP contribution in [0.4, 0.5) is 10.5 Å². The van der Waals surface area contributed by atoms with Crippen LogP contribution in [0.5, 0.6) is 5.75 Å². The Kier molecular flexibility index (Phi) is 10.5. The van der Waals surface area contributed by atoms with Gasteiger partial charge in [0, 0.05) is 62.3 Å². The SMILES string of the molecule is CO[C@H]1/C=C/C[C@H](C)C[S@@](=O)(NC(=O)N2CC(C(C)(C)OC)C2)=NC(=O)c2ccc3c(c2)N(C[C@@H]2CC[C@H]21)C[C@@]1(CCCc2cc(Cl)ccc21)CO3. The van der Waals surface area contributed by atoms with Crippen molar-refractivity contribution in [2.24, 2.45) is 28.0 Å². The molecule has 3 amide bonds. The summed E-state index contributed by atoms with van der Waals surface area (Å²) in [6.45, 7) is 8.91. The Labute approximate surface area is 313 Å². The van der Waals surface area contributed by atoms with Crippen molar-refractivity contribution in [3.63, 3.8) is 0 Å². The molecule has 2 bridgehead atoms. The number of ether oxygens (including phenoxy) is 3. The lowest BCUT2D eigenvalue weighted by atomic mass is 9.68. The van der Waals surface area contributed by atoms with E-state index >= 15 is 0 Å². The molecule has 1 saturated carbocycles. The highest BCUT2D eigenvalue weighted by atomic mass is 35.5. The molecule has 7 rings (SSSR count). The molecule has 0 unspecified atom stereocenters. The number of hydrogen-bond donors (Lipinski definition) is 1. The van der Waals surface area contributed by atoms with Crippen molar-refractivity contribution < 1.29 is 28.0 Å². The zero-order chi connectivity index (χ0) is 36.8. The molecule has 1 saturated heterocycles. The quantitative estimate of drug-likeness (QED) is 0.334. The molecule has 3 heterocycles. The summed E-state index contributed by atoms with van der Waals surface area (Å²) in [4.78, 5) is 31.5. The maximum atomic E-state index is 14.6. The summed E-state index contributed by atoms with van der Waals surface area (Å²) >= 11 is 6.46. The van der Waals surface area contributed by atoms with Crippen LogP contribution >= 0.6 is 11.6 Å². The normalized spacial score (nSPS) is 31.5.